The lowest BCUT2D eigenvalue weighted by molar-refractivity contribution is 0.653. The third-order valence-electron chi connectivity index (χ3n) is 4.15. The number of nitrogens with zero attached hydrogens (tertiary/aromatic N) is 2. The molecule has 0 N–H and O–H groups in total. The third kappa shape index (κ3) is 2.28. The normalized spacial score (nSPS) is 19.5. The van der Waals surface area contributed by atoms with E-state index >= 15 is 0 Å². The van der Waals surface area contributed by atoms with Gasteiger partial charge in [-0.2, -0.15) is 0 Å². The Labute approximate surface area is 151 Å². The number of aryl methyl sites for hydroxylation is 2. The van der Waals surface area contributed by atoms with Gasteiger partial charge in [0, 0.05) is 37.8 Å². The zero-order valence-corrected chi connectivity index (χ0v) is 13.3. The van der Waals surface area contributed by atoms with E-state index in [1.165, 1.54) is 13.0 Å². The lowest BCUT2D eigenvalue weighted by Gasteiger charge is -2.11. The quantitative estimate of drug-likeness (QED) is 0.469. The van der Waals surface area contributed by atoms with Gasteiger partial charge >= 0.3 is 0 Å². The van der Waals surface area contributed by atoms with Gasteiger partial charge in [0.2, 0.25) is 5.71 Å². The van der Waals surface area contributed by atoms with Crippen molar-refractivity contribution in [1.82, 2.24) is 9.97 Å². The van der Waals surface area contributed by atoms with E-state index < -0.39 is 19.6 Å². The van der Waals surface area contributed by atoms with Crippen molar-refractivity contribution in [2.24, 2.45) is 0 Å². The molecule has 0 bridgehead atoms. The van der Waals surface area contributed by atoms with Crippen LogP contribution in [-0.4, -0.2) is 9.97 Å². The van der Waals surface area contributed by atoms with Crippen molar-refractivity contribution in [3.05, 3.63) is 59.4 Å². The standard InChI is InChI=1S/C21H20N2O/c1-12(2)18-10-19(22-11-13(18)3)17-7-5-6-15-16-9-8-14(4)23-21(16)24-20(15)17/h5-12H,1-4H3/i1D3,4D3,12D. The molecule has 3 heterocycles. The highest BCUT2D eigenvalue weighted by molar-refractivity contribution is 6.08. The highest BCUT2D eigenvalue weighted by Crippen LogP contribution is 2.35. The van der Waals surface area contributed by atoms with Crippen LogP contribution in [0.1, 0.15) is 46.1 Å². The number of hydrogen-bond acceptors (Lipinski definition) is 3. The Kier molecular flexibility index (Phi) is 2.04. The average Bonchev–Trinajstić information content (AvgIpc) is 3.04. The fraction of sp³-hybridized carbons (Fsp3) is 0.238. The van der Waals surface area contributed by atoms with Crippen molar-refractivity contribution in [3.63, 3.8) is 0 Å². The maximum Gasteiger partial charge on any atom is 0.227 e. The van der Waals surface area contributed by atoms with E-state index in [9.17, 15) is 0 Å². The Morgan fingerprint density at radius 3 is 2.96 bits per heavy atom. The first kappa shape index (κ1) is 8.97. The summed E-state index contributed by atoms with van der Waals surface area (Å²) in [7, 11) is 0. The summed E-state index contributed by atoms with van der Waals surface area (Å²) in [6.07, 6.45) is 1.55. The lowest BCUT2D eigenvalue weighted by Crippen LogP contribution is -1.95. The van der Waals surface area contributed by atoms with Gasteiger partial charge in [0.25, 0.3) is 0 Å². The predicted octanol–water partition coefficient (Wildman–Crippen LogP) is 5.78. The Morgan fingerprint density at radius 2 is 2.12 bits per heavy atom. The topological polar surface area (TPSA) is 38.9 Å². The number of para-hydroxylation sites is 1. The van der Waals surface area contributed by atoms with Gasteiger partial charge in [-0.25, -0.2) is 4.98 Å². The monoisotopic (exact) mass is 323 g/mol. The third-order valence-corrected chi connectivity index (χ3v) is 4.15. The van der Waals surface area contributed by atoms with Crippen molar-refractivity contribution < 1.29 is 14.0 Å². The van der Waals surface area contributed by atoms with Crippen molar-refractivity contribution >= 4 is 22.1 Å². The molecule has 0 aliphatic rings. The minimum absolute atomic E-state index is 0.0565. The van der Waals surface area contributed by atoms with E-state index in [2.05, 4.69) is 9.97 Å². The molecule has 0 saturated heterocycles. The second-order valence-electron chi connectivity index (χ2n) is 5.84. The van der Waals surface area contributed by atoms with Crippen LogP contribution in [0.15, 0.2) is 47.0 Å². The molecule has 0 saturated carbocycles. The number of pyridine rings is 2. The SMILES string of the molecule is [2H]C([2H])([2H])c1ccc2c(n1)oc1c(-c3cc(C([2H])(C)C([2H])([2H])[2H])c(C)cn3)cccc12. The van der Waals surface area contributed by atoms with Crippen molar-refractivity contribution in [1.29, 1.82) is 0 Å². The summed E-state index contributed by atoms with van der Waals surface area (Å²) < 4.78 is 60.4. The zero-order valence-electron chi connectivity index (χ0n) is 20.3. The summed E-state index contributed by atoms with van der Waals surface area (Å²) in [5.74, 6) is -1.81. The summed E-state index contributed by atoms with van der Waals surface area (Å²) >= 11 is 0. The van der Waals surface area contributed by atoms with Gasteiger partial charge in [-0.3, -0.25) is 4.98 Å². The van der Waals surface area contributed by atoms with Crippen LogP contribution in [0.5, 0.6) is 0 Å². The molecule has 1 atom stereocenters. The second kappa shape index (κ2) is 5.45. The Bertz CT molecular complexity index is 1300. The summed E-state index contributed by atoms with van der Waals surface area (Å²) in [6.45, 7) is -1.77. The highest BCUT2D eigenvalue weighted by atomic mass is 16.3. The molecule has 1 aromatic carbocycles. The molecule has 0 radical (unpaired) electrons. The minimum atomic E-state index is -2.52. The molecule has 0 aliphatic heterocycles. The van der Waals surface area contributed by atoms with Gasteiger partial charge < -0.3 is 4.42 Å². The predicted molar refractivity (Wildman–Crippen MR) is 98.3 cm³/mol. The van der Waals surface area contributed by atoms with Gasteiger partial charge in [-0.05, 0) is 55.1 Å². The van der Waals surface area contributed by atoms with Crippen LogP contribution in [0.4, 0.5) is 0 Å². The number of benzene rings is 1. The van der Waals surface area contributed by atoms with Crippen LogP contribution in [0.25, 0.3) is 33.3 Å². The molecule has 24 heavy (non-hydrogen) atoms. The second-order valence-corrected chi connectivity index (χ2v) is 5.84. The van der Waals surface area contributed by atoms with E-state index in [0.717, 1.165) is 5.39 Å². The van der Waals surface area contributed by atoms with Crippen molar-refractivity contribution in [3.8, 4) is 11.3 Å². The van der Waals surface area contributed by atoms with Gasteiger partial charge in [0.1, 0.15) is 5.58 Å². The summed E-state index contributed by atoms with van der Waals surface area (Å²) in [5, 5.41) is 1.41. The molecule has 0 spiro atoms. The first-order valence-electron chi connectivity index (χ1n) is 11.1. The minimum Gasteiger partial charge on any atom is -0.437 e. The molecule has 4 aromatic rings. The lowest BCUT2D eigenvalue weighted by atomic mass is 9.97. The van der Waals surface area contributed by atoms with Crippen molar-refractivity contribution in [2.45, 2.75) is 33.4 Å². The van der Waals surface area contributed by atoms with Gasteiger partial charge in [0.05, 0.1) is 5.69 Å². The molecule has 0 aliphatic carbocycles. The number of aromatic nitrogens is 2. The summed E-state index contributed by atoms with van der Waals surface area (Å²) in [6, 6.07) is 10.2. The molecule has 4 rings (SSSR count). The fourth-order valence-electron chi connectivity index (χ4n) is 2.96. The molecule has 0 fully saturated rings. The van der Waals surface area contributed by atoms with Crippen molar-refractivity contribution in [2.75, 3.05) is 0 Å². The van der Waals surface area contributed by atoms with Crippen LogP contribution in [0.2, 0.25) is 0 Å². The molecular weight excluding hydrogens is 296 g/mol. The largest absolute Gasteiger partial charge is 0.437 e. The highest BCUT2D eigenvalue weighted by Gasteiger charge is 2.15. The first-order chi connectivity index (χ1) is 14.3. The van der Waals surface area contributed by atoms with Crippen LogP contribution in [0.3, 0.4) is 0 Å². The Balaban J connectivity index is 1.94. The van der Waals surface area contributed by atoms with E-state index in [1.54, 1.807) is 31.3 Å². The molecule has 0 amide bonds. The number of hydrogen-bond donors (Lipinski definition) is 0. The molecule has 120 valence electrons. The van der Waals surface area contributed by atoms with Gasteiger partial charge in [-0.1, -0.05) is 25.9 Å². The molecule has 1 unspecified atom stereocenters. The van der Waals surface area contributed by atoms with Crippen LogP contribution >= 0.6 is 0 Å². The summed E-state index contributed by atoms with van der Waals surface area (Å²) in [5.41, 5.74) is 2.65. The molecule has 3 nitrogen and oxygen atoms in total. The molecule has 3 heteroatoms. The van der Waals surface area contributed by atoms with Crippen LogP contribution in [-0.2, 0) is 0 Å². The number of furan rings is 1. The molecular formula is C21H20N2O. The smallest absolute Gasteiger partial charge is 0.227 e. The number of fused-ring (bicyclic) bond motifs is 3. The maximum atomic E-state index is 8.47. The number of rotatable bonds is 2. The zero-order chi connectivity index (χ0) is 22.8. The van der Waals surface area contributed by atoms with Crippen LogP contribution in [0, 0.1) is 13.8 Å². The van der Waals surface area contributed by atoms with E-state index in [4.69, 9.17) is 14.0 Å². The summed E-state index contributed by atoms with van der Waals surface area (Å²) in [4.78, 5) is 8.61. The van der Waals surface area contributed by atoms with E-state index in [1.807, 2.05) is 12.1 Å². The fourth-order valence-corrected chi connectivity index (χ4v) is 2.96. The van der Waals surface area contributed by atoms with Crippen LogP contribution < -0.4 is 0 Å². The molecule has 3 aromatic heterocycles. The maximum absolute atomic E-state index is 8.47. The Hall–Kier alpha value is -2.68. The van der Waals surface area contributed by atoms with Gasteiger partial charge in [-0.15, -0.1) is 0 Å². The average molecular weight is 323 g/mol. The van der Waals surface area contributed by atoms with E-state index in [-0.39, 0.29) is 11.4 Å². The van der Waals surface area contributed by atoms with E-state index in [0.29, 0.717) is 33.4 Å². The van der Waals surface area contributed by atoms with Gasteiger partial charge in [0.15, 0.2) is 0 Å². The Morgan fingerprint density at radius 1 is 1.21 bits per heavy atom. The first-order valence-corrected chi connectivity index (χ1v) is 7.61.